The number of nitrogens with one attached hydrogen (secondary N) is 2. The lowest BCUT2D eigenvalue weighted by Gasteiger charge is -2.08. The first kappa shape index (κ1) is 22.9. The van der Waals surface area contributed by atoms with Gasteiger partial charge >= 0.3 is 0 Å². The second-order valence-corrected chi connectivity index (χ2v) is 8.23. The van der Waals surface area contributed by atoms with E-state index in [4.69, 9.17) is 9.47 Å². The predicted molar refractivity (Wildman–Crippen MR) is 129 cm³/mol. The number of anilines is 1. The summed E-state index contributed by atoms with van der Waals surface area (Å²) in [6.07, 6.45) is 0. The zero-order chi connectivity index (χ0) is 23.8. The normalized spacial score (nSPS) is 10.4. The summed E-state index contributed by atoms with van der Waals surface area (Å²) < 4.78 is 10.8. The molecule has 0 spiro atoms. The van der Waals surface area contributed by atoms with Gasteiger partial charge in [0.2, 0.25) is 5.01 Å². The van der Waals surface area contributed by atoms with Crippen LogP contribution in [-0.2, 0) is 13.2 Å². The molecule has 0 fully saturated rings. The Kier molecular flexibility index (Phi) is 7.46. The molecule has 0 aliphatic rings. The number of carbonyl (C=O) groups excluding carboxylic acids is 2. The monoisotopic (exact) mass is 474 g/mol. The second-order valence-electron chi connectivity index (χ2n) is 7.17. The summed E-state index contributed by atoms with van der Waals surface area (Å²) in [7, 11) is 1.60. The topological polar surface area (TPSA) is 102 Å². The van der Waals surface area contributed by atoms with Crippen LogP contribution in [0.15, 0.2) is 78.9 Å². The molecule has 172 valence electrons. The van der Waals surface area contributed by atoms with E-state index in [9.17, 15) is 9.59 Å². The van der Waals surface area contributed by atoms with Crippen molar-refractivity contribution in [1.29, 1.82) is 0 Å². The summed E-state index contributed by atoms with van der Waals surface area (Å²) in [5, 5.41) is 14.4. The van der Waals surface area contributed by atoms with E-state index in [2.05, 4.69) is 20.8 Å². The molecule has 9 heteroatoms. The van der Waals surface area contributed by atoms with Crippen LogP contribution in [0.1, 0.15) is 30.7 Å². The Bertz CT molecular complexity index is 1280. The van der Waals surface area contributed by atoms with E-state index in [1.165, 1.54) is 0 Å². The van der Waals surface area contributed by atoms with Crippen LogP contribution in [0.3, 0.4) is 0 Å². The van der Waals surface area contributed by atoms with Gasteiger partial charge in [-0.25, -0.2) is 0 Å². The number of methoxy groups -OCH3 is 1. The number of aromatic nitrogens is 2. The molecule has 0 radical (unpaired) electrons. The highest BCUT2D eigenvalue weighted by molar-refractivity contribution is 7.13. The smallest absolute Gasteiger partial charge is 0.286 e. The molecule has 0 aliphatic carbocycles. The van der Waals surface area contributed by atoms with Crippen LogP contribution in [0, 0.1) is 0 Å². The van der Waals surface area contributed by atoms with Gasteiger partial charge in [-0.3, -0.25) is 9.59 Å². The molecular weight excluding hydrogens is 452 g/mol. The lowest BCUT2D eigenvalue weighted by molar-refractivity contribution is 0.0949. The second kappa shape index (κ2) is 11.1. The van der Waals surface area contributed by atoms with Crippen molar-refractivity contribution in [3.8, 4) is 11.5 Å². The molecule has 0 unspecified atom stereocenters. The molecule has 1 aromatic heterocycles. The fourth-order valence-corrected chi connectivity index (χ4v) is 3.70. The largest absolute Gasteiger partial charge is 0.497 e. The standard InChI is InChI=1S/C25H22N4O4S/c1-32-21-12-5-7-17(13-21)15-26-23(30)18-8-6-9-19(14-18)27-24(31)25-29-28-22(34-25)16-33-20-10-3-2-4-11-20/h2-14H,15-16H2,1H3,(H,26,30)(H,27,31). The molecule has 1 heterocycles. The van der Waals surface area contributed by atoms with Crippen LogP contribution in [0.5, 0.6) is 11.5 Å². The number of para-hydroxylation sites is 1. The number of hydrogen-bond donors (Lipinski definition) is 2. The van der Waals surface area contributed by atoms with Crippen molar-refractivity contribution in [3.63, 3.8) is 0 Å². The van der Waals surface area contributed by atoms with E-state index in [-0.39, 0.29) is 17.5 Å². The summed E-state index contributed by atoms with van der Waals surface area (Å²) in [5.41, 5.74) is 1.83. The molecule has 4 rings (SSSR count). The lowest BCUT2D eigenvalue weighted by atomic mass is 10.1. The Morgan fingerprint density at radius 1 is 0.882 bits per heavy atom. The highest BCUT2D eigenvalue weighted by atomic mass is 32.1. The van der Waals surface area contributed by atoms with Gasteiger partial charge in [0.1, 0.15) is 18.1 Å². The van der Waals surface area contributed by atoms with Gasteiger partial charge in [-0.15, -0.1) is 10.2 Å². The van der Waals surface area contributed by atoms with Crippen molar-refractivity contribution in [2.45, 2.75) is 13.2 Å². The number of amides is 2. The molecule has 0 atom stereocenters. The maximum atomic E-state index is 12.6. The van der Waals surface area contributed by atoms with Crippen molar-refractivity contribution < 1.29 is 19.1 Å². The van der Waals surface area contributed by atoms with Gasteiger partial charge < -0.3 is 20.1 Å². The average Bonchev–Trinajstić information content (AvgIpc) is 3.36. The van der Waals surface area contributed by atoms with E-state index in [0.717, 1.165) is 22.6 Å². The van der Waals surface area contributed by atoms with Crippen molar-refractivity contribution in [3.05, 3.63) is 100 Å². The fraction of sp³-hybridized carbons (Fsp3) is 0.120. The van der Waals surface area contributed by atoms with Crippen LogP contribution in [0.4, 0.5) is 5.69 Å². The van der Waals surface area contributed by atoms with Gasteiger partial charge in [0.15, 0.2) is 5.01 Å². The van der Waals surface area contributed by atoms with Crippen molar-refractivity contribution >= 4 is 28.8 Å². The van der Waals surface area contributed by atoms with Gasteiger partial charge in [0.25, 0.3) is 11.8 Å². The summed E-state index contributed by atoms with van der Waals surface area (Å²) in [6, 6.07) is 23.5. The molecular formula is C25H22N4O4S. The summed E-state index contributed by atoms with van der Waals surface area (Å²) >= 11 is 1.15. The lowest BCUT2D eigenvalue weighted by Crippen LogP contribution is -2.23. The Morgan fingerprint density at radius 3 is 2.50 bits per heavy atom. The quantitative estimate of drug-likeness (QED) is 0.375. The van der Waals surface area contributed by atoms with E-state index >= 15 is 0 Å². The van der Waals surface area contributed by atoms with Gasteiger partial charge in [-0.2, -0.15) is 0 Å². The molecule has 3 aromatic carbocycles. The van der Waals surface area contributed by atoms with Crippen LogP contribution < -0.4 is 20.1 Å². The van der Waals surface area contributed by atoms with E-state index in [1.54, 1.807) is 31.4 Å². The first-order valence-corrected chi connectivity index (χ1v) is 11.2. The van der Waals surface area contributed by atoms with Crippen molar-refractivity contribution in [2.75, 3.05) is 12.4 Å². The molecule has 2 amide bonds. The molecule has 2 N–H and O–H groups in total. The van der Waals surface area contributed by atoms with Gasteiger partial charge in [0.05, 0.1) is 7.11 Å². The molecule has 34 heavy (non-hydrogen) atoms. The highest BCUT2D eigenvalue weighted by Crippen LogP contribution is 2.18. The minimum atomic E-state index is -0.405. The van der Waals surface area contributed by atoms with E-state index in [0.29, 0.717) is 28.6 Å². The van der Waals surface area contributed by atoms with Crippen LogP contribution in [-0.4, -0.2) is 29.1 Å². The highest BCUT2D eigenvalue weighted by Gasteiger charge is 2.15. The van der Waals surface area contributed by atoms with Gasteiger partial charge in [-0.1, -0.05) is 47.7 Å². The fourth-order valence-electron chi connectivity index (χ4n) is 3.06. The Balaban J connectivity index is 1.33. The third kappa shape index (κ3) is 6.17. The van der Waals surface area contributed by atoms with Crippen LogP contribution >= 0.6 is 11.3 Å². The van der Waals surface area contributed by atoms with E-state index in [1.807, 2.05) is 54.6 Å². The summed E-state index contributed by atoms with van der Waals surface area (Å²) in [5.74, 6) is 0.778. The third-order valence-electron chi connectivity index (χ3n) is 4.74. The van der Waals surface area contributed by atoms with Gasteiger partial charge in [-0.05, 0) is 48.0 Å². The number of benzene rings is 3. The third-order valence-corrected chi connectivity index (χ3v) is 5.63. The van der Waals surface area contributed by atoms with Crippen molar-refractivity contribution in [1.82, 2.24) is 15.5 Å². The summed E-state index contributed by atoms with van der Waals surface area (Å²) in [4.78, 5) is 25.2. The Hall–Kier alpha value is -4.24. The first-order chi connectivity index (χ1) is 16.6. The summed E-state index contributed by atoms with van der Waals surface area (Å²) in [6.45, 7) is 0.573. The SMILES string of the molecule is COc1cccc(CNC(=O)c2cccc(NC(=O)c3nnc(COc4ccccc4)s3)c2)c1. The number of hydrogen-bond acceptors (Lipinski definition) is 7. The molecule has 0 saturated heterocycles. The minimum Gasteiger partial charge on any atom is -0.497 e. The molecule has 0 saturated carbocycles. The number of ether oxygens (including phenoxy) is 2. The van der Waals surface area contributed by atoms with Crippen LogP contribution in [0.2, 0.25) is 0 Å². The molecule has 4 aromatic rings. The zero-order valence-electron chi connectivity index (χ0n) is 18.4. The molecule has 0 aliphatic heterocycles. The van der Waals surface area contributed by atoms with Crippen LogP contribution in [0.25, 0.3) is 0 Å². The zero-order valence-corrected chi connectivity index (χ0v) is 19.2. The molecule has 0 bridgehead atoms. The first-order valence-electron chi connectivity index (χ1n) is 10.4. The maximum absolute atomic E-state index is 12.6. The number of carbonyl (C=O) groups is 2. The molecule has 8 nitrogen and oxygen atoms in total. The predicted octanol–water partition coefficient (Wildman–Crippen LogP) is 4.31. The minimum absolute atomic E-state index is 0.208. The number of rotatable bonds is 9. The average molecular weight is 475 g/mol. The Morgan fingerprint density at radius 2 is 1.68 bits per heavy atom. The van der Waals surface area contributed by atoms with E-state index < -0.39 is 5.91 Å². The van der Waals surface area contributed by atoms with Gasteiger partial charge in [0, 0.05) is 17.8 Å². The number of nitrogens with zero attached hydrogens (tertiary/aromatic N) is 2. The Labute approximate surface area is 200 Å². The van der Waals surface area contributed by atoms with Crippen molar-refractivity contribution in [2.24, 2.45) is 0 Å². The maximum Gasteiger partial charge on any atom is 0.286 e.